The van der Waals surface area contributed by atoms with E-state index in [1.165, 1.54) is 13.3 Å². The Morgan fingerprint density at radius 2 is 1.93 bits per heavy atom. The summed E-state index contributed by atoms with van der Waals surface area (Å²) < 4.78 is 42.6. The average molecular weight is 406 g/mol. The Kier molecular flexibility index (Phi) is 7.27. The molecule has 0 aromatic heterocycles. The summed E-state index contributed by atoms with van der Waals surface area (Å²) in [6.45, 7) is 5.02. The molecule has 0 radical (unpaired) electrons. The molecule has 1 saturated heterocycles. The number of nitrogens with one attached hydrogen (secondary N) is 1. The van der Waals surface area contributed by atoms with Crippen molar-refractivity contribution in [3.05, 3.63) is 0 Å². The molecule has 0 bridgehead atoms. The van der Waals surface area contributed by atoms with Crippen molar-refractivity contribution in [1.82, 2.24) is 5.32 Å². The smallest absolute Gasteiger partial charge is 0.338 e. The third-order valence-electron chi connectivity index (χ3n) is 5.37. The van der Waals surface area contributed by atoms with Crippen LogP contribution in [0.15, 0.2) is 0 Å². The van der Waals surface area contributed by atoms with Crippen molar-refractivity contribution < 1.29 is 32.0 Å². The average Bonchev–Trinajstić information content (AvgIpc) is 2.95. The molecule has 1 aliphatic carbocycles. The van der Waals surface area contributed by atoms with Crippen LogP contribution in [0.1, 0.15) is 65.7 Å². The summed E-state index contributed by atoms with van der Waals surface area (Å²) in [6.07, 6.45) is 4.44. The topological polar surface area (TPSA) is 119 Å². The Bertz CT molecular complexity index is 640. The predicted molar refractivity (Wildman–Crippen MR) is 98.4 cm³/mol. The van der Waals surface area contributed by atoms with Gasteiger partial charge in [0, 0.05) is 24.3 Å². The first kappa shape index (κ1) is 22.1. The largest absolute Gasteiger partial charge is 0.433 e. The number of cyclic esters (lactones) is 1. The number of carbonyl (C=O) groups excluding carboxylic acids is 2. The highest BCUT2D eigenvalue weighted by atomic mass is 32.2. The van der Waals surface area contributed by atoms with Gasteiger partial charge >= 0.3 is 5.97 Å². The van der Waals surface area contributed by atoms with E-state index >= 15 is 0 Å². The van der Waals surface area contributed by atoms with Crippen LogP contribution < -0.4 is 5.32 Å². The molecular formula is C18H31NO7S. The van der Waals surface area contributed by atoms with Crippen LogP contribution in [0.3, 0.4) is 0 Å². The van der Waals surface area contributed by atoms with E-state index in [-0.39, 0.29) is 18.2 Å². The fourth-order valence-electron chi connectivity index (χ4n) is 4.06. The van der Waals surface area contributed by atoms with Crippen molar-refractivity contribution in [2.45, 2.75) is 84.2 Å². The highest BCUT2D eigenvalue weighted by Crippen LogP contribution is 2.39. The van der Waals surface area contributed by atoms with Gasteiger partial charge in [0.25, 0.3) is 10.1 Å². The first-order chi connectivity index (χ1) is 12.5. The molecule has 156 valence electrons. The lowest BCUT2D eigenvalue weighted by molar-refractivity contribution is -0.149. The van der Waals surface area contributed by atoms with Crippen molar-refractivity contribution in [3.8, 4) is 0 Å². The third-order valence-corrected chi connectivity index (χ3v) is 6.12. The molecule has 0 spiro atoms. The van der Waals surface area contributed by atoms with Gasteiger partial charge in [-0.15, -0.1) is 0 Å². The minimum absolute atomic E-state index is 0.0513. The van der Waals surface area contributed by atoms with Crippen molar-refractivity contribution >= 4 is 22.0 Å². The van der Waals surface area contributed by atoms with Crippen molar-refractivity contribution in [2.75, 3.05) is 5.75 Å². The molecule has 1 saturated carbocycles. The first-order valence-electron chi connectivity index (χ1n) is 9.56. The molecule has 27 heavy (non-hydrogen) atoms. The van der Waals surface area contributed by atoms with E-state index in [9.17, 15) is 18.0 Å². The summed E-state index contributed by atoms with van der Waals surface area (Å²) in [6, 6.07) is -0.510. The predicted octanol–water partition coefficient (Wildman–Crippen LogP) is 2.03. The molecule has 1 amide bonds. The number of esters is 1. The SMILES string of the molecule is CC(=O)NC(CCS(=O)(=O)O)CC(C)(C)[C@H]1OC(C2CCCCC2)OC1=O. The fourth-order valence-corrected chi connectivity index (χ4v) is 4.64. The molecule has 3 atom stereocenters. The van der Waals surface area contributed by atoms with Gasteiger partial charge in [-0.1, -0.05) is 33.1 Å². The number of ether oxygens (including phenoxy) is 2. The number of hydrogen-bond donors (Lipinski definition) is 2. The standard InChI is InChI=1S/C18H31NO7S/c1-12(20)19-14(9-10-27(22,23)24)11-18(2,3)15-16(21)26-17(25-15)13-7-5-4-6-8-13/h13-15,17H,4-11H2,1-3H3,(H,19,20)(H,22,23,24)/t14?,15-,17?/m0/s1. The summed E-state index contributed by atoms with van der Waals surface area (Å²) in [7, 11) is -4.14. The zero-order valence-corrected chi connectivity index (χ0v) is 17.1. The maximum absolute atomic E-state index is 12.4. The van der Waals surface area contributed by atoms with Crippen molar-refractivity contribution in [1.29, 1.82) is 0 Å². The summed E-state index contributed by atoms with van der Waals surface area (Å²) >= 11 is 0. The molecule has 2 rings (SSSR count). The van der Waals surface area contributed by atoms with Crippen LogP contribution in [-0.2, 0) is 29.2 Å². The number of rotatable bonds is 8. The summed E-state index contributed by atoms with van der Waals surface area (Å²) in [5, 5.41) is 2.70. The molecule has 2 aliphatic rings. The first-order valence-corrected chi connectivity index (χ1v) is 11.2. The minimum Gasteiger partial charge on any atom is -0.433 e. The molecule has 0 aromatic rings. The molecule has 1 aliphatic heterocycles. The Morgan fingerprint density at radius 3 is 2.48 bits per heavy atom. The van der Waals surface area contributed by atoms with E-state index in [0.717, 1.165) is 25.7 Å². The lowest BCUT2D eigenvalue weighted by atomic mass is 9.79. The Morgan fingerprint density at radius 1 is 1.30 bits per heavy atom. The van der Waals surface area contributed by atoms with E-state index < -0.39 is 45.7 Å². The maximum atomic E-state index is 12.4. The van der Waals surface area contributed by atoms with Gasteiger partial charge in [0.05, 0.1) is 5.75 Å². The van der Waals surface area contributed by atoms with Crippen LogP contribution in [0.25, 0.3) is 0 Å². The van der Waals surface area contributed by atoms with Crippen LogP contribution >= 0.6 is 0 Å². The molecule has 8 nitrogen and oxygen atoms in total. The van der Waals surface area contributed by atoms with Crippen LogP contribution in [-0.4, -0.2) is 49.0 Å². The minimum atomic E-state index is -4.14. The monoisotopic (exact) mass is 405 g/mol. The Labute approximate surface area is 161 Å². The molecule has 2 fully saturated rings. The van der Waals surface area contributed by atoms with Crippen molar-refractivity contribution in [2.24, 2.45) is 11.3 Å². The van der Waals surface area contributed by atoms with Gasteiger partial charge in [0.15, 0.2) is 6.10 Å². The van der Waals surface area contributed by atoms with Gasteiger partial charge in [0.2, 0.25) is 12.2 Å². The second kappa shape index (κ2) is 8.87. The van der Waals surface area contributed by atoms with E-state index in [4.69, 9.17) is 14.0 Å². The Balaban J connectivity index is 2.02. The van der Waals surface area contributed by atoms with Gasteiger partial charge in [-0.3, -0.25) is 9.35 Å². The van der Waals surface area contributed by atoms with E-state index in [2.05, 4.69) is 5.32 Å². The lowest BCUT2D eigenvalue weighted by Crippen LogP contribution is -2.43. The number of hydrogen-bond acceptors (Lipinski definition) is 6. The third kappa shape index (κ3) is 6.73. The maximum Gasteiger partial charge on any atom is 0.338 e. The Hall–Kier alpha value is -1.19. The van der Waals surface area contributed by atoms with Gasteiger partial charge in [-0.2, -0.15) is 8.42 Å². The van der Waals surface area contributed by atoms with Crippen LogP contribution in [0, 0.1) is 11.3 Å². The molecular weight excluding hydrogens is 374 g/mol. The lowest BCUT2D eigenvalue weighted by Gasteiger charge is -2.33. The highest BCUT2D eigenvalue weighted by molar-refractivity contribution is 7.85. The normalized spacial score (nSPS) is 25.9. The van der Waals surface area contributed by atoms with Gasteiger partial charge in [-0.05, 0) is 25.7 Å². The van der Waals surface area contributed by atoms with E-state index in [0.29, 0.717) is 6.42 Å². The second-order valence-electron chi connectivity index (χ2n) is 8.38. The van der Waals surface area contributed by atoms with Gasteiger partial charge in [0.1, 0.15) is 0 Å². The zero-order valence-electron chi connectivity index (χ0n) is 16.3. The van der Waals surface area contributed by atoms with Gasteiger partial charge < -0.3 is 14.8 Å². The molecule has 2 N–H and O–H groups in total. The number of amides is 1. The van der Waals surface area contributed by atoms with Gasteiger partial charge in [-0.25, -0.2) is 4.79 Å². The summed E-state index contributed by atoms with van der Waals surface area (Å²) in [5.74, 6) is -0.962. The fraction of sp³-hybridized carbons (Fsp3) is 0.889. The van der Waals surface area contributed by atoms with Crippen LogP contribution in [0.2, 0.25) is 0 Å². The molecule has 2 unspecified atom stereocenters. The van der Waals surface area contributed by atoms with Crippen LogP contribution in [0.5, 0.6) is 0 Å². The highest BCUT2D eigenvalue weighted by Gasteiger charge is 2.48. The summed E-state index contributed by atoms with van der Waals surface area (Å²) in [4.78, 5) is 23.9. The zero-order chi connectivity index (χ0) is 20.2. The molecule has 0 aromatic carbocycles. The van der Waals surface area contributed by atoms with Crippen molar-refractivity contribution in [3.63, 3.8) is 0 Å². The number of carbonyl (C=O) groups is 2. The van der Waals surface area contributed by atoms with Crippen LogP contribution in [0.4, 0.5) is 0 Å². The molecule has 9 heteroatoms. The summed E-state index contributed by atoms with van der Waals surface area (Å²) in [5.41, 5.74) is -0.674. The van der Waals surface area contributed by atoms with E-state index in [1.54, 1.807) is 0 Å². The van der Waals surface area contributed by atoms with E-state index in [1.807, 2.05) is 13.8 Å². The quantitative estimate of drug-likeness (QED) is 0.468. The molecule has 1 heterocycles. The second-order valence-corrected chi connectivity index (χ2v) is 9.96.